The SMILES string of the molecule is S=C(NCc1ccco1)Nc1ccc(N2CCc3ccccc3C2)nc1. The van der Waals surface area contributed by atoms with Crippen LogP contribution in [0.1, 0.15) is 16.9 Å². The summed E-state index contributed by atoms with van der Waals surface area (Å²) in [7, 11) is 0. The molecule has 1 aliphatic heterocycles. The highest BCUT2D eigenvalue weighted by Gasteiger charge is 2.16. The average molecular weight is 364 g/mol. The number of thiocarbonyl (C=S) groups is 1. The topological polar surface area (TPSA) is 53.3 Å². The largest absolute Gasteiger partial charge is 0.467 e. The first-order valence-electron chi connectivity index (χ1n) is 8.63. The predicted molar refractivity (Wildman–Crippen MR) is 107 cm³/mol. The van der Waals surface area contributed by atoms with Crippen molar-refractivity contribution in [2.24, 2.45) is 0 Å². The van der Waals surface area contributed by atoms with E-state index in [1.807, 2.05) is 30.5 Å². The molecule has 4 rings (SSSR count). The number of benzene rings is 1. The third kappa shape index (κ3) is 3.86. The summed E-state index contributed by atoms with van der Waals surface area (Å²) < 4.78 is 5.27. The molecule has 1 aliphatic rings. The van der Waals surface area contributed by atoms with Crippen molar-refractivity contribution in [1.29, 1.82) is 0 Å². The first-order valence-corrected chi connectivity index (χ1v) is 9.04. The van der Waals surface area contributed by atoms with Crippen LogP contribution in [-0.2, 0) is 19.5 Å². The first-order chi connectivity index (χ1) is 12.8. The highest BCUT2D eigenvalue weighted by atomic mass is 32.1. The molecular formula is C20H20N4OS. The van der Waals surface area contributed by atoms with Gasteiger partial charge >= 0.3 is 0 Å². The number of nitrogens with one attached hydrogen (secondary N) is 2. The number of pyridine rings is 1. The molecule has 0 spiro atoms. The van der Waals surface area contributed by atoms with Gasteiger partial charge in [0.05, 0.1) is 24.7 Å². The molecule has 2 aromatic heterocycles. The molecule has 0 saturated heterocycles. The van der Waals surface area contributed by atoms with Crippen molar-refractivity contribution in [2.45, 2.75) is 19.5 Å². The number of aromatic nitrogens is 1. The summed E-state index contributed by atoms with van der Waals surface area (Å²) in [6.45, 7) is 2.44. The van der Waals surface area contributed by atoms with Crippen LogP contribution in [0.4, 0.5) is 11.5 Å². The maximum atomic E-state index is 5.31. The van der Waals surface area contributed by atoms with E-state index in [0.29, 0.717) is 11.7 Å². The van der Waals surface area contributed by atoms with Gasteiger partial charge in [0, 0.05) is 13.1 Å². The van der Waals surface area contributed by atoms with Gasteiger partial charge in [0.1, 0.15) is 11.6 Å². The summed E-state index contributed by atoms with van der Waals surface area (Å²) in [5.74, 6) is 1.83. The zero-order valence-electron chi connectivity index (χ0n) is 14.3. The number of nitrogens with zero attached hydrogens (tertiary/aromatic N) is 2. The third-order valence-corrected chi connectivity index (χ3v) is 4.71. The van der Waals surface area contributed by atoms with E-state index in [1.165, 1.54) is 11.1 Å². The third-order valence-electron chi connectivity index (χ3n) is 4.46. The van der Waals surface area contributed by atoms with Crippen LogP contribution in [0.25, 0.3) is 0 Å². The Labute approximate surface area is 158 Å². The fourth-order valence-corrected chi connectivity index (χ4v) is 3.28. The molecule has 0 atom stereocenters. The monoisotopic (exact) mass is 364 g/mol. The van der Waals surface area contributed by atoms with Crippen LogP contribution in [-0.4, -0.2) is 16.6 Å². The van der Waals surface area contributed by atoms with Gasteiger partial charge in [0.15, 0.2) is 5.11 Å². The Balaban J connectivity index is 1.34. The lowest BCUT2D eigenvalue weighted by molar-refractivity contribution is 0.503. The summed E-state index contributed by atoms with van der Waals surface area (Å²) in [5, 5.41) is 6.80. The van der Waals surface area contributed by atoms with Crippen LogP contribution in [0.2, 0.25) is 0 Å². The lowest BCUT2D eigenvalue weighted by Gasteiger charge is -2.29. The Bertz CT molecular complexity index is 877. The molecule has 0 saturated carbocycles. The van der Waals surface area contributed by atoms with Crippen LogP contribution >= 0.6 is 12.2 Å². The number of hydrogen-bond donors (Lipinski definition) is 2. The van der Waals surface area contributed by atoms with E-state index in [2.05, 4.69) is 44.8 Å². The maximum absolute atomic E-state index is 5.31. The van der Waals surface area contributed by atoms with Crippen molar-refractivity contribution in [1.82, 2.24) is 10.3 Å². The highest BCUT2D eigenvalue weighted by molar-refractivity contribution is 7.80. The number of furan rings is 1. The van der Waals surface area contributed by atoms with Crippen LogP contribution in [0.5, 0.6) is 0 Å². The van der Waals surface area contributed by atoms with Gasteiger partial charge in [-0.2, -0.15) is 0 Å². The Morgan fingerprint density at radius 1 is 1.12 bits per heavy atom. The quantitative estimate of drug-likeness (QED) is 0.688. The molecule has 5 nitrogen and oxygen atoms in total. The minimum Gasteiger partial charge on any atom is -0.467 e. The van der Waals surface area contributed by atoms with E-state index in [4.69, 9.17) is 16.6 Å². The van der Waals surface area contributed by atoms with Crippen LogP contribution in [0.3, 0.4) is 0 Å². The van der Waals surface area contributed by atoms with Gasteiger partial charge in [-0.05, 0) is 54.0 Å². The van der Waals surface area contributed by atoms with Crippen LogP contribution < -0.4 is 15.5 Å². The fourth-order valence-electron chi connectivity index (χ4n) is 3.09. The van der Waals surface area contributed by atoms with Gasteiger partial charge in [-0.15, -0.1) is 0 Å². The second-order valence-corrected chi connectivity index (χ2v) is 6.64. The predicted octanol–water partition coefficient (Wildman–Crippen LogP) is 3.72. The van der Waals surface area contributed by atoms with Gasteiger partial charge in [-0.1, -0.05) is 24.3 Å². The van der Waals surface area contributed by atoms with Gasteiger partial charge in [0.25, 0.3) is 0 Å². The number of rotatable bonds is 4. The van der Waals surface area contributed by atoms with E-state index >= 15 is 0 Å². The molecule has 0 bridgehead atoms. The molecule has 0 unspecified atom stereocenters. The summed E-state index contributed by atoms with van der Waals surface area (Å²) in [6.07, 6.45) is 4.52. The van der Waals surface area contributed by atoms with Crippen LogP contribution in [0.15, 0.2) is 65.4 Å². The van der Waals surface area contributed by atoms with E-state index in [0.717, 1.165) is 36.8 Å². The Hall–Kier alpha value is -2.86. The van der Waals surface area contributed by atoms with Gasteiger partial charge in [0.2, 0.25) is 0 Å². The summed E-state index contributed by atoms with van der Waals surface area (Å²) in [5.41, 5.74) is 3.68. The minimum atomic E-state index is 0.544. The second-order valence-electron chi connectivity index (χ2n) is 6.23. The van der Waals surface area contributed by atoms with Crippen LogP contribution in [0, 0.1) is 0 Å². The molecule has 3 aromatic rings. The molecular weight excluding hydrogens is 344 g/mol. The minimum absolute atomic E-state index is 0.544. The average Bonchev–Trinajstić information content (AvgIpc) is 3.20. The maximum Gasteiger partial charge on any atom is 0.171 e. The normalized spacial score (nSPS) is 13.2. The first kappa shape index (κ1) is 16.6. The van der Waals surface area contributed by atoms with Crippen molar-refractivity contribution < 1.29 is 4.42 Å². The Morgan fingerprint density at radius 2 is 2.00 bits per heavy atom. The Morgan fingerprint density at radius 3 is 2.77 bits per heavy atom. The zero-order chi connectivity index (χ0) is 17.8. The molecule has 3 heterocycles. The van der Waals surface area contributed by atoms with E-state index in [9.17, 15) is 0 Å². The molecule has 0 fully saturated rings. The van der Waals surface area contributed by atoms with E-state index < -0.39 is 0 Å². The number of fused-ring (bicyclic) bond motifs is 1. The molecule has 0 radical (unpaired) electrons. The lowest BCUT2D eigenvalue weighted by Crippen LogP contribution is -2.31. The van der Waals surface area contributed by atoms with Crippen molar-refractivity contribution in [3.63, 3.8) is 0 Å². The van der Waals surface area contributed by atoms with Crippen molar-refractivity contribution in [2.75, 3.05) is 16.8 Å². The van der Waals surface area contributed by atoms with Gasteiger partial charge in [-0.25, -0.2) is 4.98 Å². The summed E-state index contributed by atoms with van der Waals surface area (Å²) >= 11 is 5.31. The van der Waals surface area contributed by atoms with Gasteiger partial charge < -0.3 is 20.0 Å². The van der Waals surface area contributed by atoms with E-state index in [1.54, 1.807) is 6.26 Å². The lowest BCUT2D eigenvalue weighted by atomic mass is 10.00. The smallest absolute Gasteiger partial charge is 0.171 e. The summed E-state index contributed by atoms with van der Waals surface area (Å²) in [4.78, 5) is 6.90. The standard InChI is InChI=1S/C20H20N4OS/c26-20(22-13-18-6-3-11-25-18)23-17-7-8-19(21-12-17)24-10-9-15-4-1-2-5-16(15)14-24/h1-8,11-12H,9-10,13-14H2,(H2,22,23,26). The molecule has 1 aromatic carbocycles. The van der Waals surface area contributed by atoms with Crippen molar-refractivity contribution >= 4 is 28.8 Å². The van der Waals surface area contributed by atoms with Gasteiger partial charge in [-0.3, -0.25) is 0 Å². The number of anilines is 2. The molecule has 2 N–H and O–H groups in total. The zero-order valence-corrected chi connectivity index (χ0v) is 15.1. The fraction of sp³-hybridized carbons (Fsp3) is 0.200. The van der Waals surface area contributed by atoms with Crippen molar-refractivity contribution in [3.05, 3.63) is 77.9 Å². The second kappa shape index (κ2) is 7.58. The van der Waals surface area contributed by atoms with Crippen molar-refractivity contribution in [3.8, 4) is 0 Å². The number of hydrogen-bond acceptors (Lipinski definition) is 4. The molecule has 0 amide bonds. The molecule has 132 valence electrons. The van der Waals surface area contributed by atoms with E-state index in [-0.39, 0.29) is 0 Å². The molecule has 6 heteroatoms. The molecule has 0 aliphatic carbocycles. The Kier molecular flexibility index (Phi) is 4.84. The highest BCUT2D eigenvalue weighted by Crippen LogP contribution is 2.23. The molecule has 26 heavy (non-hydrogen) atoms. The summed E-state index contributed by atoms with van der Waals surface area (Å²) in [6, 6.07) is 16.4.